The molecule has 1 aromatic heterocycles. The topological polar surface area (TPSA) is 95.1 Å². The first-order valence-electron chi connectivity index (χ1n) is 9.18. The van der Waals surface area contributed by atoms with Gasteiger partial charge in [-0.15, -0.1) is 0 Å². The molecule has 0 unspecified atom stereocenters. The zero-order valence-electron chi connectivity index (χ0n) is 15.4. The van der Waals surface area contributed by atoms with Crippen LogP contribution in [0.3, 0.4) is 0 Å². The van der Waals surface area contributed by atoms with E-state index in [0.717, 1.165) is 18.9 Å². The van der Waals surface area contributed by atoms with Crippen molar-refractivity contribution in [1.29, 1.82) is 0 Å². The van der Waals surface area contributed by atoms with Gasteiger partial charge in [0.25, 0.3) is 0 Å². The molecule has 1 aliphatic carbocycles. The van der Waals surface area contributed by atoms with E-state index >= 15 is 4.39 Å². The molecule has 0 spiro atoms. The molecule has 146 valence electrons. The van der Waals surface area contributed by atoms with Crippen molar-refractivity contribution in [1.82, 2.24) is 4.57 Å². The van der Waals surface area contributed by atoms with Gasteiger partial charge in [-0.25, -0.2) is 9.18 Å². The molecule has 0 bridgehead atoms. The molecular weight excluding hydrogens is 365 g/mol. The Morgan fingerprint density at radius 1 is 1.39 bits per heavy atom. The van der Waals surface area contributed by atoms with Gasteiger partial charge < -0.3 is 19.8 Å². The van der Waals surface area contributed by atoms with Crippen molar-refractivity contribution in [2.24, 2.45) is 5.16 Å². The number of halogens is 1. The maximum absolute atomic E-state index is 15.2. The van der Waals surface area contributed by atoms with Crippen LogP contribution in [0.4, 0.5) is 10.1 Å². The smallest absolute Gasteiger partial charge is 0.341 e. The lowest BCUT2D eigenvalue weighted by Gasteiger charge is -2.24. The summed E-state index contributed by atoms with van der Waals surface area (Å²) in [4.78, 5) is 26.1. The zero-order chi connectivity index (χ0) is 20.0. The molecule has 0 radical (unpaired) electrons. The molecule has 0 amide bonds. The Labute approximate surface area is 160 Å². The van der Waals surface area contributed by atoms with E-state index in [1.165, 1.54) is 6.20 Å². The summed E-state index contributed by atoms with van der Waals surface area (Å²) in [5.74, 6) is -1.91. The molecule has 2 aliphatic rings. The fourth-order valence-corrected chi connectivity index (χ4v) is 3.86. The third-order valence-corrected chi connectivity index (χ3v) is 5.28. The van der Waals surface area contributed by atoms with Gasteiger partial charge in [-0.1, -0.05) is 17.3 Å². The van der Waals surface area contributed by atoms with Gasteiger partial charge in [0.05, 0.1) is 28.8 Å². The number of benzene rings is 1. The van der Waals surface area contributed by atoms with Crippen molar-refractivity contribution in [3.8, 4) is 0 Å². The predicted molar refractivity (Wildman–Crippen MR) is 104 cm³/mol. The number of rotatable bonds is 4. The van der Waals surface area contributed by atoms with Gasteiger partial charge in [0.1, 0.15) is 11.4 Å². The van der Waals surface area contributed by atoms with Gasteiger partial charge in [0.15, 0.2) is 0 Å². The van der Waals surface area contributed by atoms with E-state index in [1.807, 2.05) is 0 Å². The first-order chi connectivity index (χ1) is 13.5. The lowest BCUT2D eigenvalue weighted by molar-refractivity contribution is 0.0695. The van der Waals surface area contributed by atoms with Crippen LogP contribution in [0.25, 0.3) is 17.0 Å². The minimum absolute atomic E-state index is 0.0661. The van der Waals surface area contributed by atoms with Crippen LogP contribution in [0.1, 0.15) is 48.1 Å². The molecule has 2 aromatic rings. The van der Waals surface area contributed by atoms with Crippen LogP contribution in [-0.2, 0) is 0 Å². The van der Waals surface area contributed by atoms with Crippen LogP contribution < -0.4 is 10.3 Å². The van der Waals surface area contributed by atoms with E-state index in [4.69, 9.17) is 5.21 Å². The Bertz CT molecular complexity index is 1100. The standard InChI is InChI=1S/C20H20FN3O4/c1-2-3-13-17-14(8-16(21)18(13)23-7-6-11(9-23)22-28)19(25)15(20(26)27)10-24(17)12-4-5-12/h2-3,8,10,12,28H,4-7,9H2,1H3,(H,26,27)/b3-2-,22-11+. The number of allylic oxidation sites excluding steroid dienone is 1. The Kier molecular flexibility index (Phi) is 4.41. The number of carbonyl (C=O) groups is 1. The van der Waals surface area contributed by atoms with E-state index in [0.29, 0.717) is 42.0 Å². The molecule has 0 atom stereocenters. The summed E-state index contributed by atoms with van der Waals surface area (Å²) >= 11 is 0. The Hall–Kier alpha value is -3.16. The second kappa shape index (κ2) is 6.78. The minimum atomic E-state index is -1.32. The highest BCUT2D eigenvalue weighted by Gasteiger charge is 2.31. The highest BCUT2D eigenvalue weighted by Crippen LogP contribution is 2.41. The highest BCUT2D eigenvalue weighted by atomic mass is 19.1. The van der Waals surface area contributed by atoms with Crippen LogP contribution in [0.15, 0.2) is 28.3 Å². The molecular formula is C20H20FN3O4. The van der Waals surface area contributed by atoms with Gasteiger partial charge in [-0.05, 0) is 25.8 Å². The number of pyridine rings is 1. The molecule has 8 heteroatoms. The molecule has 4 rings (SSSR count). The zero-order valence-corrected chi connectivity index (χ0v) is 15.4. The Morgan fingerprint density at radius 2 is 2.14 bits per heavy atom. The van der Waals surface area contributed by atoms with Crippen LogP contribution in [0.5, 0.6) is 0 Å². The fourth-order valence-electron chi connectivity index (χ4n) is 3.86. The summed E-state index contributed by atoms with van der Waals surface area (Å²) in [5, 5.41) is 21.8. The first kappa shape index (κ1) is 18.2. The lowest BCUT2D eigenvalue weighted by atomic mass is 10.0. The van der Waals surface area contributed by atoms with E-state index in [1.54, 1.807) is 28.5 Å². The number of hydrogen-bond acceptors (Lipinski definition) is 5. The average Bonchev–Trinajstić information content (AvgIpc) is 3.40. The monoisotopic (exact) mass is 385 g/mol. The van der Waals surface area contributed by atoms with Gasteiger partial charge in [0, 0.05) is 30.8 Å². The number of nitrogens with zero attached hydrogens (tertiary/aromatic N) is 3. The largest absolute Gasteiger partial charge is 0.477 e. The van der Waals surface area contributed by atoms with Crippen molar-refractivity contribution in [3.05, 3.63) is 45.5 Å². The second-order valence-electron chi connectivity index (χ2n) is 7.17. The van der Waals surface area contributed by atoms with E-state index in [9.17, 15) is 14.7 Å². The summed E-state index contributed by atoms with van der Waals surface area (Å²) in [6.07, 6.45) is 7.17. The molecule has 28 heavy (non-hydrogen) atoms. The van der Waals surface area contributed by atoms with Gasteiger partial charge in [0.2, 0.25) is 5.43 Å². The van der Waals surface area contributed by atoms with Crippen molar-refractivity contribution < 1.29 is 19.5 Å². The molecule has 1 saturated carbocycles. The fraction of sp³-hybridized carbons (Fsp3) is 0.350. The van der Waals surface area contributed by atoms with Crippen LogP contribution >= 0.6 is 0 Å². The number of aromatic carboxylic acids is 1. The van der Waals surface area contributed by atoms with Crippen LogP contribution in [0.2, 0.25) is 0 Å². The third-order valence-electron chi connectivity index (χ3n) is 5.28. The SMILES string of the molecule is C/C=C\c1c(N2CC/C(=N\O)C2)c(F)cc2c(=O)c(C(=O)O)cn(C3CC3)c12. The van der Waals surface area contributed by atoms with Gasteiger partial charge >= 0.3 is 5.97 Å². The first-order valence-corrected chi connectivity index (χ1v) is 9.18. The number of carboxylic acid groups (broad SMARTS) is 1. The number of fused-ring (bicyclic) bond motifs is 1. The van der Waals surface area contributed by atoms with Crippen molar-refractivity contribution in [2.45, 2.75) is 32.2 Å². The highest BCUT2D eigenvalue weighted by molar-refractivity contribution is 6.00. The van der Waals surface area contributed by atoms with E-state index in [2.05, 4.69) is 5.16 Å². The molecule has 2 heterocycles. The van der Waals surface area contributed by atoms with Gasteiger partial charge in [-0.3, -0.25) is 4.79 Å². The molecule has 1 aromatic carbocycles. The predicted octanol–water partition coefficient (Wildman–Crippen LogP) is 3.25. The summed E-state index contributed by atoms with van der Waals surface area (Å²) in [7, 11) is 0. The van der Waals surface area contributed by atoms with Gasteiger partial charge in [-0.2, -0.15) is 0 Å². The summed E-state index contributed by atoms with van der Waals surface area (Å²) < 4.78 is 17.0. The average molecular weight is 385 g/mol. The number of hydrogen-bond donors (Lipinski definition) is 2. The van der Waals surface area contributed by atoms with Crippen molar-refractivity contribution in [3.63, 3.8) is 0 Å². The summed E-state index contributed by atoms with van der Waals surface area (Å²) in [5.41, 5.74) is 0.940. The van der Waals surface area contributed by atoms with E-state index < -0.39 is 17.2 Å². The van der Waals surface area contributed by atoms with Crippen molar-refractivity contribution in [2.75, 3.05) is 18.0 Å². The Morgan fingerprint density at radius 3 is 2.71 bits per heavy atom. The Balaban J connectivity index is 2.07. The number of oxime groups is 1. The third kappa shape index (κ3) is 2.85. The molecule has 1 saturated heterocycles. The molecule has 2 N–H and O–H groups in total. The number of anilines is 1. The number of carboxylic acids is 1. The van der Waals surface area contributed by atoms with E-state index in [-0.39, 0.29) is 17.0 Å². The molecule has 7 nitrogen and oxygen atoms in total. The summed E-state index contributed by atoms with van der Waals surface area (Å²) in [6.45, 7) is 2.59. The van der Waals surface area contributed by atoms with Crippen LogP contribution in [-0.4, -0.2) is 39.7 Å². The molecule has 2 fully saturated rings. The number of aromatic nitrogens is 1. The molecule has 1 aliphatic heterocycles. The van der Waals surface area contributed by atoms with Crippen LogP contribution in [0, 0.1) is 5.82 Å². The summed E-state index contributed by atoms with van der Waals surface area (Å²) in [6, 6.07) is 1.23. The lowest BCUT2D eigenvalue weighted by Crippen LogP contribution is -2.24. The minimum Gasteiger partial charge on any atom is -0.477 e. The quantitative estimate of drug-likeness (QED) is 0.622. The van der Waals surface area contributed by atoms with Crippen molar-refractivity contribution >= 4 is 34.3 Å². The maximum Gasteiger partial charge on any atom is 0.341 e. The maximum atomic E-state index is 15.2. The normalized spacial score (nSPS) is 18.6. The second-order valence-corrected chi connectivity index (χ2v) is 7.17.